The van der Waals surface area contributed by atoms with Gasteiger partial charge in [-0.3, -0.25) is 0 Å². The first-order valence-electron chi connectivity index (χ1n) is 8.32. The first-order chi connectivity index (χ1) is 8.89. The Labute approximate surface area is 121 Å². The Morgan fingerprint density at radius 2 is 1.89 bits per heavy atom. The third-order valence-corrected chi connectivity index (χ3v) is 4.38. The topological polar surface area (TPSA) is 15.3 Å². The fourth-order valence-corrected chi connectivity index (χ4v) is 2.90. The van der Waals surface area contributed by atoms with Gasteiger partial charge in [0.2, 0.25) is 0 Å². The summed E-state index contributed by atoms with van der Waals surface area (Å²) in [5, 5.41) is 3.53. The minimum Gasteiger partial charge on any atom is -0.316 e. The Bertz CT molecular complexity index is 230. The summed E-state index contributed by atoms with van der Waals surface area (Å²) in [5.41, 5.74) is 0.496. The number of nitrogens with one attached hydrogen (secondary N) is 1. The monoisotopic (exact) mass is 268 g/mol. The summed E-state index contributed by atoms with van der Waals surface area (Å²) in [7, 11) is 0. The number of rotatable bonds is 8. The van der Waals surface area contributed by atoms with Crippen LogP contribution in [0, 0.1) is 17.3 Å². The molecule has 0 aromatic rings. The molecule has 1 atom stereocenters. The van der Waals surface area contributed by atoms with E-state index in [-0.39, 0.29) is 0 Å². The van der Waals surface area contributed by atoms with Crippen molar-refractivity contribution in [1.82, 2.24) is 10.2 Å². The van der Waals surface area contributed by atoms with E-state index in [2.05, 4.69) is 44.8 Å². The molecular formula is C17H36N2. The lowest BCUT2D eigenvalue weighted by Gasteiger charge is -2.27. The smallest absolute Gasteiger partial charge is 0.00151 e. The van der Waals surface area contributed by atoms with Crippen LogP contribution in [0.1, 0.15) is 60.3 Å². The number of hydrogen-bond acceptors (Lipinski definition) is 2. The lowest BCUT2D eigenvalue weighted by molar-refractivity contribution is 0.227. The van der Waals surface area contributed by atoms with Crippen LogP contribution in [0.15, 0.2) is 0 Å². The fourth-order valence-electron chi connectivity index (χ4n) is 2.90. The molecule has 1 fully saturated rings. The molecule has 2 heteroatoms. The van der Waals surface area contributed by atoms with Gasteiger partial charge in [0.25, 0.3) is 0 Å². The first-order valence-corrected chi connectivity index (χ1v) is 8.32. The lowest BCUT2D eigenvalue weighted by Crippen LogP contribution is -2.27. The molecule has 0 bridgehead atoms. The average molecular weight is 268 g/mol. The minimum absolute atomic E-state index is 0.496. The zero-order valence-corrected chi connectivity index (χ0v) is 14.0. The van der Waals surface area contributed by atoms with Gasteiger partial charge in [0.15, 0.2) is 0 Å². The van der Waals surface area contributed by atoms with Gasteiger partial charge in [-0.1, -0.05) is 41.0 Å². The Hall–Kier alpha value is -0.0800. The molecule has 1 aliphatic heterocycles. The average Bonchev–Trinajstić information content (AvgIpc) is 2.75. The summed E-state index contributed by atoms with van der Waals surface area (Å²) in [5.74, 6) is 1.68. The molecule has 1 unspecified atom stereocenters. The summed E-state index contributed by atoms with van der Waals surface area (Å²) in [4.78, 5) is 2.68. The van der Waals surface area contributed by atoms with Gasteiger partial charge in [-0.05, 0) is 62.7 Å². The van der Waals surface area contributed by atoms with Gasteiger partial charge in [0.1, 0.15) is 0 Å². The summed E-state index contributed by atoms with van der Waals surface area (Å²) >= 11 is 0. The molecule has 0 aromatic heterocycles. The van der Waals surface area contributed by atoms with E-state index >= 15 is 0 Å². The molecule has 0 spiro atoms. The fraction of sp³-hybridized carbons (Fsp3) is 1.00. The van der Waals surface area contributed by atoms with Crippen LogP contribution in [0.3, 0.4) is 0 Å². The number of nitrogens with zero attached hydrogens (tertiary/aromatic N) is 1. The van der Waals surface area contributed by atoms with Crippen molar-refractivity contribution in [2.45, 2.75) is 60.3 Å². The van der Waals surface area contributed by atoms with Crippen molar-refractivity contribution in [3.8, 4) is 0 Å². The van der Waals surface area contributed by atoms with E-state index in [4.69, 9.17) is 0 Å². The molecule has 19 heavy (non-hydrogen) atoms. The molecule has 0 amide bonds. The van der Waals surface area contributed by atoms with Crippen molar-refractivity contribution >= 4 is 0 Å². The minimum atomic E-state index is 0.496. The number of likely N-dealkylation sites (tertiary alicyclic amines) is 1. The maximum Gasteiger partial charge on any atom is 0.00151 e. The van der Waals surface area contributed by atoms with E-state index in [1.165, 1.54) is 58.4 Å². The van der Waals surface area contributed by atoms with Crippen molar-refractivity contribution in [3.05, 3.63) is 0 Å². The molecule has 2 nitrogen and oxygen atoms in total. The normalized spacial score (nSPS) is 21.5. The Balaban J connectivity index is 1.97. The molecule has 0 aliphatic carbocycles. The van der Waals surface area contributed by atoms with Crippen LogP contribution < -0.4 is 5.32 Å². The zero-order chi connectivity index (χ0) is 14.3. The summed E-state index contributed by atoms with van der Waals surface area (Å²) in [6.07, 6.45) is 5.49. The molecule has 114 valence electrons. The van der Waals surface area contributed by atoms with Gasteiger partial charge in [-0.15, -0.1) is 0 Å². The molecule has 1 saturated heterocycles. The Morgan fingerprint density at radius 1 is 1.16 bits per heavy atom. The van der Waals surface area contributed by atoms with Crippen LogP contribution in [-0.4, -0.2) is 37.6 Å². The second-order valence-electron chi connectivity index (χ2n) is 7.81. The SMILES string of the molecule is CC(C)CNCCCCCN1CCC(C(C)(C)C)C1. The van der Waals surface area contributed by atoms with E-state index in [1.54, 1.807) is 0 Å². The van der Waals surface area contributed by atoms with Crippen LogP contribution in [0.5, 0.6) is 0 Å². The van der Waals surface area contributed by atoms with Crippen LogP contribution in [-0.2, 0) is 0 Å². The second kappa shape index (κ2) is 8.26. The van der Waals surface area contributed by atoms with E-state index in [9.17, 15) is 0 Å². The van der Waals surface area contributed by atoms with Crippen molar-refractivity contribution in [2.75, 3.05) is 32.7 Å². The third kappa shape index (κ3) is 7.31. The highest BCUT2D eigenvalue weighted by atomic mass is 15.1. The highest BCUT2D eigenvalue weighted by Crippen LogP contribution is 2.33. The summed E-state index contributed by atoms with van der Waals surface area (Å²) in [6, 6.07) is 0. The van der Waals surface area contributed by atoms with Crippen LogP contribution >= 0.6 is 0 Å². The van der Waals surface area contributed by atoms with E-state index < -0.39 is 0 Å². The first kappa shape index (κ1) is 17.0. The molecule has 1 rings (SSSR count). The molecule has 1 N–H and O–H groups in total. The quantitative estimate of drug-likeness (QED) is 0.674. The molecule has 0 aromatic carbocycles. The van der Waals surface area contributed by atoms with Crippen LogP contribution in [0.2, 0.25) is 0 Å². The third-order valence-electron chi connectivity index (χ3n) is 4.38. The highest BCUT2D eigenvalue weighted by molar-refractivity contribution is 4.83. The van der Waals surface area contributed by atoms with Crippen molar-refractivity contribution in [2.24, 2.45) is 17.3 Å². The maximum absolute atomic E-state index is 3.53. The highest BCUT2D eigenvalue weighted by Gasteiger charge is 2.31. The van der Waals surface area contributed by atoms with Gasteiger partial charge in [0, 0.05) is 6.54 Å². The van der Waals surface area contributed by atoms with E-state index in [0.29, 0.717) is 5.41 Å². The second-order valence-corrected chi connectivity index (χ2v) is 7.81. The van der Waals surface area contributed by atoms with Gasteiger partial charge >= 0.3 is 0 Å². The molecular weight excluding hydrogens is 232 g/mol. The van der Waals surface area contributed by atoms with Gasteiger partial charge in [0.05, 0.1) is 0 Å². The van der Waals surface area contributed by atoms with Crippen molar-refractivity contribution in [1.29, 1.82) is 0 Å². The number of hydrogen-bond donors (Lipinski definition) is 1. The largest absolute Gasteiger partial charge is 0.316 e. The van der Waals surface area contributed by atoms with Crippen LogP contribution in [0.25, 0.3) is 0 Å². The van der Waals surface area contributed by atoms with E-state index in [1.807, 2.05) is 0 Å². The predicted octanol–water partition coefficient (Wildman–Crippen LogP) is 3.77. The molecule has 0 radical (unpaired) electrons. The summed E-state index contributed by atoms with van der Waals surface area (Å²) in [6.45, 7) is 18.0. The van der Waals surface area contributed by atoms with Gasteiger partial charge in [-0.2, -0.15) is 0 Å². The predicted molar refractivity (Wildman–Crippen MR) is 85.6 cm³/mol. The van der Waals surface area contributed by atoms with Crippen molar-refractivity contribution in [3.63, 3.8) is 0 Å². The Kier molecular flexibility index (Phi) is 7.38. The molecule has 1 aliphatic rings. The lowest BCUT2D eigenvalue weighted by atomic mass is 9.80. The maximum atomic E-state index is 3.53. The standard InChI is InChI=1S/C17H36N2/c1-15(2)13-18-10-7-6-8-11-19-12-9-16(14-19)17(3,4)5/h15-16,18H,6-14H2,1-5H3. The molecule has 1 heterocycles. The van der Waals surface area contributed by atoms with Crippen molar-refractivity contribution < 1.29 is 0 Å². The van der Waals surface area contributed by atoms with Crippen LogP contribution in [0.4, 0.5) is 0 Å². The van der Waals surface area contributed by atoms with Gasteiger partial charge in [-0.25, -0.2) is 0 Å². The Morgan fingerprint density at radius 3 is 2.47 bits per heavy atom. The van der Waals surface area contributed by atoms with Gasteiger partial charge < -0.3 is 10.2 Å². The number of unbranched alkanes of at least 4 members (excludes halogenated alkanes) is 2. The zero-order valence-electron chi connectivity index (χ0n) is 14.0. The molecule has 0 saturated carbocycles. The summed E-state index contributed by atoms with van der Waals surface area (Å²) < 4.78 is 0. The van der Waals surface area contributed by atoms with E-state index in [0.717, 1.165) is 11.8 Å².